The first-order valence-electron chi connectivity index (χ1n) is 9.74. The molecular weight excluding hydrogens is 386 g/mol. The average molecular weight is 421 g/mol. The molecule has 0 aliphatic carbocycles. The summed E-state index contributed by atoms with van der Waals surface area (Å²) in [6, 6.07) is 0. The normalized spacial score (nSPS) is 22.9. The summed E-state index contributed by atoms with van der Waals surface area (Å²) < 4.78 is 10.3. The molecule has 1 aliphatic rings. The molecule has 0 amide bonds. The number of carbonyl (C=O) groups is 2. The molecule has 1 rings (SSSR count). The highest BCUT2D eigenvalue weighted by molar-refractivity contribution is 5.77. The van der Waals surface area contributed by atoms with Crippen molar-refractivity contribution in [2.45, 2.75) is 95.0 Å². The van der Waals surface area contributed by atoms with E-state index in [4.69, 9.17) is 14.6 Å². The summed E-state index contributed by atoms with van der Waals surface area (Å²) in [5.74, 6) is -1.31. The van der Waals surface area contributed by atoms with E-state index in [0.29, 0.717) is 12.8 Å². The first-order chi connectivity index (χ1) is 13.3. The predicted molar refractivity (Wildman–Crippen MR) is 102 cm³/mol. The van der Waals surface area contributed by atoms with E-state index in [9.17, 15) is 30.0 Å². The maximum absolute atomic E-state index is 12.1. The quantitative estimate of drug-likeness (QED) is 0.231. The highest BCUT2D eigenvalue weighted by Gasteiger charge is 2.39. The van der Waals surface area contributed by atoms with Crippen LogP contribution in [-0.4, -0.2) is 92.3 Å². The van der Waals surface area contributed by atoms with Gasteiger partial charge >= 0.3 is 11.9 Å². The Balaban J connectivity index is 2.36. The van der Waals surface area contributed by atoms with Crippen LogP contribution < -0.4 is 5.32 Å². The van der Waals surface area contributed by atoms with Crippen LogP contribution in [0.3, 0.4) is 0 Å². The molecule has 0 spiro atoms. The Morgan fingerprint density at radius 3 is 1.93 bits per heavy atom. The lowest BCUT2D eigenvalue weighted by molar-refractivity contribution is -0.161. The number of aliphatic hydroxyl groups is 5. The molecule has 0 saturated carbocycles. The number of ether oxygens (including phenoxy) is 2. The minimum atomic E-state index is -1.82. The number of rotatable bonds is 10. The molecule has 170 valence electrons. The lowest BCUT2D eigenvalue weighted by Crippen LogP contribution is -2.59. The zero-order valence-electron chi connectivity index (χ0n) is 17.5. The monoisotopic (exact) mass is 421 g/mol. The standard InChI is InChI=1S/C19H35NO9/c1-18(2)7-11(8-19(3,4)20-18)29-15(25)6-5-14(24)28-10-13(23)17(27)16(26)12(22)9-21/h11-13,16-17,20-23,26-27H,5-10H2,1-4H3. The number of piperidine rings is 1. The largest absolute Gasteiger partial charge is 0.463 e. The van der Waals surface area contributed by atoms with Crippen molar-refractivity contribution in [2.24, 2.45) is 0 Å². The highest BCUT2D eigenvalue weighted by atomic mass is 16.6. The van der Waals surface area contributed by atoms with E-state index in [1.807, 2.05) is 27.7 Å². The Morgan fingerprint density at radius 2 is 1.41 bits per heavy atom. The minimum absolute atomic E-state index is 0.184. The van der Waals surface area contributed by atoms with Crippen molar-refractivity contribution in [1.82, 2.24) is 5.32 Å². The molecular formula is C19H35NO9. The zero-order valence-corrected chi connectivity index (χ0v) is 17.5. The molecule has 6 N–H and O–H groups in total. The molecule has 29 heavy (non-hydrogen) atoms. The van der Waals surface area contributed by atoms with Crippen LogP contribution in [0.15, 0.2) is 0 Å². The summed E-state index contributed by atoms with van der Waals surface area (Å²) in [7, 11) is 0. The van der Waals surface area contributed by atoms with Gasteiger partial charge in [-0.25, -0.2) is 0 Å². The SMILES string of the molecule is CC1(C)CC(OC(=O)CCC(=O)OCC(O)C(O)C(O)C(O)CO)CC(C)(C)N1. The minimum Gasteiger partial charge on any atom is -0.463 e. The fourth-order valence-electron chi connectivity index (χ4n) is 3.67. The molecule has 0 aromatic heterocycles. The van der Waals surface area contributed by atoms with Gasteiger partial charge in [-0.3, -0.25) is 9.59 Å². The van der Waals surface area contributed by atoms with Gasteiger partial charge in [0.05, 0.1) is 19.4 Å². The van der Waals surface area contributed by atoms with Crippen LogP contribution in [0, 0.1) is 0 Å². The first kappa shape index (κ1) is 25.7. The van der Waals surface area contributed by atoms with Gasteiger partial charge in [0.25, 0.3) is 0 Å². The molecule has 4 unspecified atom stereocenters. The molecule has 1 saturated heterocycles. The van der Waals surface area contributed by atoms with E-state index in [1.54, 1.807) is 0 Å². The number of aliphatic hydroxyl groups excluding tert-OH is 5. The van der Waals surface area contributed by atoms with Gasteiger partial charge in [0.15, 0.2) is 0 Å². The third-order valence-corrected chi connectivity index (χ3v) is 4.72. The van der Waals surface area contributed by atoms with Crippen LogP contribution in [0.1, 0.15) is 53.4 Å². The van der Waals surface area contributed by atoms with E-state index in [2.05, 4.69) is 5.32 Å². The van der Waals surface area contributed by atoms with Crippen LogP contribution in [0.2, 0.25) is 0 Å². The summed E-state index contributed by atoms with van der Waals surface area (Å²) in [5, 5.41) is 50.3. The number of hydrogen-bond donors (Lipinski definition) is 6. The fourth-order valence-corrected chi connectivity index (χ4v) is 3.67. The fraction of sp³-hybridized carbons (Fsp3) is 0.895. The van der Waals surface area contributed by atoms with Gasteiger partial charge in [0.1, 0.15) is 37.1 Å². The summed E-state index contributed by atoms with van der Waals surface area (Å²) in [4.78, 5) is 23.8. The van der Waals surface area contributed by atoms with Crippen molar-refractivity contribution in [1.29, 1.82) is 0 Å². The lowest BCUT2D eigenvalue weighted by atomic mass is 9.81. The molecule has 1 heterocycles. The topological polar surface area (TPSA) is 166 Å². The van der Waals surface area contributed by atoms with Gasteiger partial charge in [0, 0.05) is 23.9 Å². The molecule has 1 aliphatic heterocycles. The maximum atomic E-state index is 12.1. The average Bonchev–Trinajstić information content (AvgIpc) is 2.59. The van der Waals surface area contributed by atoms with Gasteiger partial charge in [-0.2, -0.15) is 0 Å². The van der Waals surface area contributed by atoms with Gasteiger partial charge in [-0.05, 0) is 27.7 Å². The second-order valence-corrected chi connectivity index (χ2v) is 8.89. The summed E-state index contributed by atoms with van der Waals surface area (Å²) in [5.41, 5.74) is -0.368. The number of esters is 2. The van der Waals surface area contributed by atoms with Crippen LogP contribution in [-0.2, 0) is 19.1 Å². The second-order valence-electron chi connectivity index (χ2n) is 8.89. The number of hydrogen-bond acceptors (Lipinski definition) is 10. The first-order valence-corrected chi connectivity index (χ1v) is 9.74. The summed E-state index contributed by atoms with van der Waals surface area (Å²) in [6.07, 6.45) is -6.34. The molecule has 10 nitrogen and oxygen atoms in total. The second kappa shape index (κ2) is 10.6. The van der Waals surface area contributed by atoms with Crippen molar-refractivity contribution in [3.8, 4) is 0 Å². The van der Waals surface area contributed by atoms with Crippen LogP contribution in [0.5, 0.6) is 0 Å². The Morgan fingerprint density at radius 1 is 0.931 bits per heavy atom. The third kappa shape index (κ3) is 8.93. The van der Waals surface area contributed by atoms with Gasteiger partial charge in [-0.1, -0.05) is 0 Å². The molecule has 1 fully saturated rings. The molecule has 0 aromatic carbocycles. The van der Waals surface area contributed by atoms with E-state index in [0.717, 1.165) is 0 Å². The zero-order chi connectivity index (χ0) is 22.4. The van der Waals surface area contributed by atoms with Gasteiger partial charge in [0.2, 0.25) is 0 Å². The number of carbonyl (C=O) groups excluding carboxylic acids is 2. The summed E-state index contributed by atoms with van der Waals surface area (Å²) in [6.45, 7) is 6.68. The van der Waals surface area contributed by atoms with E-state index >= 15 is 0 Å². The van der Waals surface area contributed by atoms with Crippen molar-refractivity contribution < 1.29 is 44.6 Å². The predicted octanol–water partition coefficient (Wildman–Crippen LogP) is -1.40. The van der Waals surface area contributed by atoms with Crippen LogP contribution in [0.25, 0.3) is 0 Å². The van der Waals surface area contributed by atoms with Crippen LogP contribution in [0.4, 0.5) is 0 Å². The molecule has 0 aromatic rings. The van der Waals surface area contributed by atoms with Crippen molar-refractivity contribution >= 4 is 11.9 Å². The maximum Gasteiger partial charge on any atom is 0.306 e. The van der Waals surface area contributed by atoms with Gasteiger partial charge < -0.3 is 40.3 Å². The van der Waals surface area contributed by atoms with E-state index < -0.39 is 49.6 Å². The smallest absolute Gasteiger partial charge is 0.306 e. The number of nitrogens with one attached hydrogen (secondary N) is 1. The Bertz CT molecular complexity index is 536. The van der Waals surface area contributed by atoms with E-state index in [-0.39, 0.29) is 30.0 Å². The molecule has 0 bridgehead atoms. The van der Waals surface area contributed by atoms with Crippen LogP contribution >= 0.6 is 0 Å². The lowest BCUT2D eigenvalue weighted by Gasteiger charge is -2.45. The molecule has 0 radical (unpaired) electrons. The Kier molecular flexibility index (Phi) is 9.45. The Labute approximate surface area is 170 Å². The summed E-state index contributed by atoms with van der Waals surface area (Å²) >= 11 is 0. The van der Waals surface area contributed by atoms with E-state index in [1.165, 1.54) is 0 Å². The van der Waals surface area contributed by atoms with Crippen molar-refractivity contribution in [3.05, 3.63) is 0 Å². The molecule has 10 heteroatoms. The van der Waals surface area contributed by atoms with Crippen molar-refractivity contribution in [3.63, 3.8) is 0 Å². The Hall–Kier alpha value is -1.30. The highest BCUT2D eigenvalue weighted by Crippen LogP contribution is 2.30. The van der Waals surface area contributed by atoms with Gasteiger partial charge in [-0.15, -0.1) is 0 Å². The molecule has 4 atom stereocenters. The third-order valence-electron chi connectivity index (χ3n) is 4.72. The van der Waals surface area contributed by atoms with Crippen molar-refractivity contribution in [2.75, 3.05) is 13.2 Å².